The van der Waals surface area contributed by atoms with Gasteiger partial charge in [0.1, 0.15) is 0 Å². The average molecular weight is 948 g/mol. The predicted octanol–water partition coefficient (Wildman–Crippen LogP) is 18.3. The topological polar surface area (TPSA) is 3.24 Å². The lowest BCUT2D eigenvalue weighted by molar-refractivity contribution is -0.0397. The Morgan fingerprint density at radius 3 is 1.54 bits per heavy atom. The van der Waals surface area contributed by atoms with Crippen molar-refractivity contribution in [3.8, 4) is 55.6 Å². The van der Waals surface area contributed by atoms with E-state index in [-0.39, 0.29) is 5.41 Å². The summed E-state index contributed by atoms with van der Waals surface area (Å²) in [6.45, 7) is 0. The SMILES string of the molecule is c1ccc(-c2ccc3c(c2)CCc2ccccc2C32c3ccccc3-c3ccc(N(c4ccc(-c5ccccc5-c5ccccc5)cc4)c4cccc5c4C4(c6ccccc6-5)C5CC6CC(C5)CC4C6)cc32)cc1. The van der Waals surface area contributed by atoms with Gasteiger partial charge in [-0.25, -0.2) is 0 Å². The summed E-state index contributed by atoms with van der Waals surface area (Å²) in [6.07, 6.45) is 8.79. The quantitative estimate of drug-likeness (QED) is 0.161. The molecule has 0 amide bonds. The van der Waals surface area contributed by atoms with Crippen LogP contribution in [0.15, 0.2) is 237 Å². The van der Waals surface area contributed by atoms with E-state index >= 15 is 0 Å². The molecule has 74 heavy (non-hydrogen) atoms. The van der Waals surface area contributed by atoms with Gasteiger partial charge in [-0.3, -0.25) is 0 Å². The summed E-state index contributed by atoms with van der Waals surface area (Å²) in [5.41, 5.74) is 27.9. The van der Waals surface area contributed by atoms with Crippen molar-refractivity contribution in [1.82, 2.24) is 0 Å². The van der Waals surface area contributed by atoms with E-state index in [1.807, 2.05) is 0 Å². The van der Waals surface area contributed by atoms with Crippen molar-refractivity contribution in [3.05, 3.63) is 281 Å². The highest BCUT2D eigenvalue weighted by molar-refractivity contribution is 5.95. The van der Waals surface area contributed by atoms with E-state index in [0.717, 1.165) is 24.7 Å². The molecule has 4 bridgehead atoms. The van der Waals surface area contributed by atoms with E-state index < -0.39 is 5.41 Å². The Balaban J connectivity index is 0.952. The molecule has 0 N–H and O–H groups in total. The minimum Gasteiger partial charge on any atom is -0.310 e. The van der Waals surface area contributed by atoms with Gasteiger partial charge in [-0.05, 0) is 199 Å². The molecule has 10 aromatic carbocycles. The van der Waals surface area contributed by atoms with Gasteiger partial charge in [-0.2, -0.15) is 0 Å². The van der Waals surface area contributed by atoms with Crippen molar-refractivity contribution in [2.75, 3.05) is 4.90 Å². The van der Waals surface area contributed by atoms with Crippen LogP contribution in [0.4, 0.5) is 17.1 Å². The first-order valence-corrected chi connectivity index (χ1v) is 27.5. The predicted molar refractivity (Wildman–Crippen MR) is 305 cm³/mol. The van der Waals surface area contributed by atoms with Crippen LogP contribution in [-0.2, 0) is 23.7 Å². The van der Waals surface area contributed by atoms with Crippen LogP contribution in [0.5, 0.6) is 0 Å². The summed E-state index contributed by atoms with van der Waals surface area (Å²) in [6, 6.07) is 91.0. The number of anilines is 3. The standard InChI is InChI=1S/C73H57N/c1-3-16-49(17-4-1)53-34-39-66-54(45-53)31-30-52-20-7-12-26-65(52)73(66)68-28-14-10-23-61(68)63-38-37-58(46-69(63)73)74(57-35-32-51(33-36-57)60-22-9-8-21-59(60)50-18-5-2-6-19-50)70-29-15-25-64-62-24-11-13-27-67(62)72(71(64)70)55-41-47-40-48(43-55)44-56(72)42-47/h1-29,32-39,45-48,55-56H,30-31,40-44H2. The molecule has 17 rings (SSSR count). The molecular weight excluding hydrogens is 891 g/mol. The molecule has 0 saturated heterocycles. The van der Waals surface area contributed by atoms with Crippen LogP contribution < -0.4 is 4.90 Å². The molecule has 0 aliphatic heterocycles. The third kappa shape index (κ3) is 5.93. The summed E-state index contributed by atoms with van der Waals surface area (Å²) in [7, 11) is 0. The first kappa shape index (κ1) is 42.5. The molecule has 1 heteroatoms. The van der Waals surface area contributed by atoms with Crippen LogP contribution in [0.1, 0.15) is 76.6 Å². The maximum absolute atomic E-state index is 2.70. The first-order valence-electron chi connectivity index (χ1n) is 27.5. The number of nitrogens with zero attached hydrogens (tertiary/aromatic N) is 1. The summed E-state index contributed by atoms with van der Waals surface area (Å²) in [5, 5.41) is 0. The van der Waals surface area contributed by atoms with E-state index in [1.165, 1.54) is 138 Å². The molecular formula is C73H57N. The summed E-state index contributed by atoms with van der Waals surface area (Å²) in [5.74, 6) is 2.99. The Hall–Kier alpha value is -8.00. The number of hydrogen-bond donors (Lipinski definition) is 0. The summed E-state index contributed by atoms with van der Waals surface area (Å²) in [4.78, 5) is 2.70. The highest BCUT2D eigenvalue weighted by Gasteiger charge is 2.62. The molecule has 1 atom stereocenters. The molecule has 4 fully saturated rings. The van der Waals surface area contributed by atoms with Crippen LogP contribution >= 0.6 is 0 Å². The van der Waals surface area contributed by atoms with Gasteiger partial charge >= 0.3 is 0 Å². The Kier molecular flexibility index (Phi) is 9.33. The monoisotopic (exact) mass is 947 g/mol. The average Bonchev–Trinajstić information content (AvgIpc) is 3.95. The highest BCUT2D eigenvalue weighted by atomic mass is 15.1. The molecule has 10 aromatic rings. The number of aryl methyl sites for hydroxylation is 2. The third-order valence-electron chi connectivity index (χ3n) is 19.2. The number of hydrogen-bond acceptors (Lipinski definition) is 1. The van der Waals surface area contributed by atoms with E-state index in [9.17, 15) is 0 Å². The van der Waals surface area contributed by atoms with Gasteiger partial charge in [0.15, 0.2) is 0 Å². The van der Waals surface area contributed by atoms with Gasteiger partial charge in [0.25, 0.3) is 0 Å². The van der Waals surface area contributed by atoms with Crippen molar-refractivity contribution in [2.24, 2.45) is 23.7 Å². The van der Waals surface area contributed by atoms with Gasteiger partial charge < -0.3 is 4.90 Å². The molecule has 0 radical (unpaired) electrons. The lowest BCUT2D eigenvalue weighted by Crippen LogP contribution is -2.55. The number of benzene rings is 10. The zero-order valence-electron chi connectivity index (χ0n) is 41.7. The minimum atomic E-state index is -0.520. The smallest absolute Gasteiger partial charge is 0.0719 e. The molecule has 4 saturated carbocycles. The second kappa shape index (κ2) is 16.2. The van der Waals surface area contributed by atoms with E-state index in [4.69, 9.17) is 0 Å². The lowest BCUT2D eigenvalue weighted by Gasteiger charge is -2.61. The van der Waals surface area contributed by atoms with Crippen LogP contribution in [-0.4, -0.2) is 0 Å². The van der Waals surface area contributed by atoms with Crippen molar-refractivity contribution in [3.63, 3.8) is 0 Å². The fraction of sp³-hybridized carbons (Fsp3) is 0.178. The van der Waals surface area contributed by atoms with E-state index in [1.54, 1.807) is 11.1 Å². The Morgan fingerprint density at radius 1 is 0.311 bits per heavy atom. The summed E-state index contributed by atoms with van der Waals surface area (Å²) >= 11 is 0. The maximum atomic E-state index is 2.70. The molecule has 7 aliphatic carbocycles. The fourth-order valence-corrected chi connectivity index (χ4v) is 16.7. The second-order valence-electron chi connectivity index (χ2n) is 22.6. The van der Waals surface area contributed by atoms with Crippen molar-refractivity contribution in [2.45, 2.75) is 55.8 Å². The number of rotatable bonds is 6. The zero-order valence-corrected chi connectivity index (χ0v) is 41.7. The van der Waals surface area contributed by atoms with Crippen molar-refractivity contribution < 1.29 is 0 Å². The number of fused-ring (bicyclic) bond motifs is 12. The third-order valence-corrected chi connectivity index (χ3v) is 19.2. The molecule has 7 aliphatic rings. The van der Waals surface area contributed by atoms with Crippen molar-refractivity contribution >= 4 is 17.1 Å². The minimum absolute atomic E-state index is 0.0213. The lowest BCUT2D eigenvalue weighted by atomic mass is 9.43. The molecule has 2 spiro atoms. The van der Waals surface area contributed by atoms with Crippen LogP contribution in [0.25, 0.3) is 55.6 Å². The maximum Gasteiger partial charge on any atom is 0.0719 e. The van der Waals surface area contributed by atoms with E-state index in [2.05, 4.69) is 241 Å². The van der Waals surface area contributed by atoms with Gasteiger partial charge in [-0.1, -0.05) is 206 Å². The highest BCUT2D eigenvalue weighted by Crippen LogP contribution is 2.71. The largest absolute Gasteiger partial charge is 0.310 e. The van der Waals surface area contributed by atoms with Gasteiger partial charge in [-0.15, -0.1) is 0 Å². The fourth-order valence-electron chi connectivity index (χ4n) is 16.7. The molecule has 1 unspecified atom stereocenters. The molecule has 354 valence electrons. The van der Waals surface area contributed by atoms with Crippen LogP contribution in [0.3, 0.4) is 0 Å². The van der Waals surface area contributed by atoms with Crippen LogP contribution in [0, 0.1) is 23.7 Å². The van der Waals surface area contributed by atoms with Crippen LogP contribution in [0.2, 0.25) is 0 Å². The van der Waals surface area contributed by atoms with Gasteiger partial charge in [0, 0.05) is 16.8 Å². The zero-order chi connectivity index (χ0) is 48.5. The molecule has 0 heterocycles. The van der Waals surface area contributed by atoms with Gasteiger partial charge in [0.2, 0.25) is 0 Å². The van der Waals surface area contributed by atoms with Gasteiger partial charge in [0.05, 0.1) is 11.1 Å². The Bertz CT molecular complexity index is 3830. The van der Waals surface area contributed by atoms with E-state index in [0.29, 0.717) is 11.8 Å². The Labute approximate surface area is 435 Å². The Morgan fingerprint density at radius 2 is 0.824 bits per heavy atom. The molecule has 1 nitrogen and oxygen atoms in total. The molecule has 0 aromatic heterocycles. The normalized spacial score (nSPS) is 22.9. The summed E-state index contributed by atoms with van der Waals surface area (Å²) < 4.78 is 0. The first-order chi connectivity index (χ1) is 36.7. The second-order valence-corrected chi connectivity index (χ2v) is 22.6. The van der Waals surface area contributed by atoms with Crippen molar-refractivity contribution in [1.29, 1.82) is 0 Å².